The number of carbonyl (C=O) groups is 1. The van der Waals surface area contributed by atoms with Gasteiger partial charge in [-0.3, -0.25) is 4.79 Å². The topological polar surface area (TPSA) is 66.0 Å². The van der Waals surface area contributed by atoms with E-state index in [9.17, 15) is 4.79 Å². The first kappa shape index (κ1) is 22.5. The Morgan fingerprint density at radius 3 is 1.91 bits per heavy atom. The minimum absolute atomic E-state index is 0.116. The van der Waals surface area contributed by atoms with Crippen molar-refractivity contribution in [2.24, 2.45) is 0 Å². The zero-order valence-electron chi connectivity index (χ0n) is 15.3. The predicted molar refractivity (Wildman–Crippen MR) is 93.4 cm³/mol. The molecule has 0 fully saturated rings. The molecule has 0 saturated heterocycles. The molecule has 0 radical (unpaired) electrons. The van der Waals surface area contributed by atoms with Crippen LogP contribution in [0.4, 0.5) is 0 Å². The lowest BCUT2D eigenvalue weighted by Crippen LogP contribution is -2.46. The Kier molecular flexibility index (Phi) is 14.8. The van der Waals surface area contributed by atoms with Crippen molar-refractivity contribution in [3.05, 3.63) is 0 Å². The van der Waals surface area contributed by atoms with Crippen molar-refractivity contribution in [2.75, 3.05) is 39.5 Å². The molecule has 0 aromatic rings. The highest BCUT2D eigenvalue weighted by Gasteiger charge is 2.39. The van der Waals surface area contributed by atoms with Crippen molar-refractivity contribution in [3.8, 4) is 0 Å². The summed E-state index contributed by atoms with van der Waals surface area (Å²) in [6.07, 6.45) is 3.35. The third-order valence-corrected chi connectivity index (χ3v) is 6.37. The lowest BCUT2D eigenvalue weighted by atomic mass is 10.3. The Labute approximate surface area is 142 Å². The van der Waals surface area contributed by atoms with Crippen LogP contribution in [0.5, 0.6) is 0 Å². The van der Waals surface area contributed by atoms with Gasteiger partial charge in [-0.05, 0) is 60.0 Å². The monoisotopic (exact) mass is 349 g/mol. The van der Waals surface area contributed by atoms with Crippen molar-refractivity contribution < 1.29 is 22.8 Å². The molecule has 23 heavy (non-hydrogen) atoms. The summed E-state index contributed by atoms with van der Waals surface area (Å²) in [5, 5.41) is 3.35. The van der Waals surface area contributed by atoms with E-state index < -0.39 is 8.80 Å². The molecule has 138 valence electrons. The van der Waals surface area contributed by atoms with E-state index in [1.807, 2.05) is 27.7 Å². The van der Waals surface area contributed by atoms with Gasteiger partial charge in [0, 0.05) is 32.3 Å². The summed E-state index contributed by atoms with van der Waals surface area (Å²) in [5.74, 6) is -0.116. The summed E-state index contributed by atoms with van der Waals surface area (Å²) in [4.78, 5) is 11.2. The summed E-state index contributed by atoms with van der Waals surface area (Å²) in [5.41, 5.74) is 0. The number of nitrogens with one attached hydrogen (secondary N) is 1. The Balaban J connectivity index is 3.78. The smallest absolute Gasteiger partial charge is 0.466 e. The molecule has 0 atom stereocenters. The van der Waals surface area contributed by atoms with E-state index >= 15 is 0 Å². The van der Waals surface area contributed by atoms with Gasteiger partial charge in [0.25, 0.3) is 0 Å². The molecule has 0 aromatic heterocycles. The van der Waals surface area contributed by atoms with Crippen LogP contribution >= 0.6 is 0 Å². The van der Waals surface area contributed by atoms with E-state index in [-0.39, 0.29) is 5.97 Å². The van der Waals surface area contributed by atoms with Crippen molar-refractivity contribution in [3.63, 3.8) is 0 Å². The van der Waals surface area contributed by atoms with Crippen LogP contribution in [0, 0.1) is 0 Å². The van der Waals surface area contributed by atoms with Crippen molar-refractivity contribution in [1.82, 2.24) is 5.32 Å². The van der Waals surface area contributed by atoms with E-state index in [2.05, 4.69) is 5.32 Å². The molecule has 6 nitrogen and oxygen atoms in total. The predicted octanol–water partition coefficient (Wildman–Crippen LogP) is 2.75. The molecule has 0 spiro atoms. The summed E-state index contributed by atoms with van der Waals surface area (Å²) in [7, 11) is -2.48. The number of esters is 1. The number of unbranched alkanes of at least 4 members (excludes halogenated alkanes) is 1. The molecule has 0 aliphatic rings. The maximum absolute atomic E-state index is 11.2. The van der Waals surface area contributed by atoms with Crippen LogP contribution in [-0.2, 0) is 22.8 Å². The van der Waals surface area contributed by atoms with Crippen LogP contribution in [-0.4, -0.2) is 54.3 Å². The lowest BCUT2D eigenvalue weighted by molar-refractivity contribution is -0.143. The first-order chi connectivity index (χ1) is 11.1. The lowest BCUT2D eigenvalue weighted by Gasteiger charge is -2.28. The second kappa shape index (κ2) is 15.1. The molecule has 0 rings (SSSR count). The first-order valence-electron chi connectivity index (χ1n) is 8.92. The summed E-state index contributed by atoms with van der Waals surface area (Å²) < 4.78 is 22.4. The number of rotatable bonds is 16. The highest BCUT2D eigenvalue weighted by molar-refractivity contribution is 6.60. The van der Waals surface area contributed by atoms with E-state index in [0.717, 1.165) is 38.4 Å². The molecule has 0 heterocycles. The first-order valence-corrected chi connectivity index (χ1v) is 10.8. The molecule has 0 saturated carbocycles. The second-order valence-corrected chi connectivity index (χ2v) is 7.83. The Bertz CT molecular complexity index is 275. The minimum atomic E-state index is -2.48. The Morgan fingerprint density at radius 2 is 1.39 bits per heavy atom. The maximum atomic E-state index is 11.2. The summed E-state index contributed by atoms with van der Waals surface area (Å²) >= 11 is 0. The fourth-order valence-corrected chi connectivity index (χ4v) is 4.99. The van der Waals surface area contributed by atoms with Crippen molar-refractivity contribution in [2.45, 2.75) is 59.4 Å². The minimum Gasteiger partial charge on any atom is -0.466 e. The fourth-order valence-electron chi connectivity index (χ4n) is 2.31. The maximum Gasteiger partial charge on any atom is 0.500 e. The van der Waals surface area contributed by atoms with Gasteiger partial charge in [0.2, 0.25) is 0 Å². The molecule has 0 unspecified atom stereocenters. The highest BCUT2D eigenvalue weighted by Crippen LogP contribution is 2.19. The van der Waals surface area contributed by atoms with E-state index in [0.29, 0.717) is 32.8 Å². The van der Waals surface area contributed by atoms with Gasteiger partial charge < -0.3 is 23.3 Å². The Morgan fingerprint density at radius 1 is 0.826 bits per heavy atom. The quantitative estimate of drug-likeness (QED) is 0.263. The van der Waals surface area contributed by atoms with Gasteiger partial charge in [-0.1, -0.05) is 0 Å². The van der Waals surface area contributed by atoms with Gasteiger partial charge in [0.1, 0.15) is 0 Å². The van der Waals surface area contributed by atoms with E-state index in [1.54, 1.807) is 0 Å². The normalized spacial score (nSPS) is 11.7. The number of ether oxygens (including phenoxy) is 1. The molecule has 0 amide bonds. The van der Waals surface area contributed by atoms with Gasteiger partial charge in [-0.25, -0.2) is 0 Å². The van der Waals surface area contributed by atoms with Gasteiger partial charge in [-0.15, -0.1) is 0 Å². The molecule has 0 aliphatic carbocycles. The van der Waals surface area contributed by atoms with Crippen LogP contribution < -0.4 is 5.32 Å². The average molecular weight is 350 g/mol. The zero-order valence-corrected chi connectivity index (χ0v) is 16.3. The SMILES string of the molecule is CCOC(=O)CCCNCCCC[Si](OCC)(OCC)OCC. The van der Waals surface area contributed by atoms with Gasteiger partial charge >= 0.3 is 14.8 Å². The van der Waals surface area contributed by atoms with Crippen LogP contribution in [0.15, 0.2) is 0 Å². The van der Waals surface area contributed by atoms with E-state index in [1.165, 1.54) is 0 Å². The molecule has 0 bridgehead atoms. The van der Waals surface area contributed by atoms with Gasteiger partial charge in [0.15, 0.2) is 0 Å². The zero-order chi connectivity index (χ0) is 17.4. The molecular weight excluding hydrogens is 314 g/mol. The molecular formula is C16H35NO5Si. The summed E-state index contributed by atoms with van der Waals surface area (Å²) in [6.45, 7) is 11.8. The number of hydrogen-bond acceptors (Lipinski definition) is 6. The fraction of sp³-hybridized carbons (Fsp3) is 0.938. The van der Waals surface area contributed by atoms with E-state index in [4.69, 9.17) is 18.0 Å². The highest BCUT2D eigenvalue weighted by atomic mass is 28.4. The molecule has 0 aliphatic heterocycles. The number of carbonyl (C=O) groups excluding carboxylic acids is 1. The molecule has 0 aromatic carbocycles. The summed E-state index contributed by atoms with van der Waals surface area (Å²) in [6, 6.07) is 0.854. The molecule has 7 heteroatoms. The number of hydrogen-bond donors (Lipinski definition) is 1. The third-order valence-electron chi connectivity index (χ3n) is 3.22. The largest absolute Gasteiger partial charge is 0.500 e. The molecule has 1 N–H and O–H groups in total. The Hall–Kier alpha value is -0.473. The average Bonchev–Trinajstić information content (AvgIpc) is 2.51. The van der Waals surface area contributed by atoms with Gasteiger partial charge in [-0.2, -0.15) is 0 Å². The van der Waals surface area contributed by atoms with Crippen molar-refractivity contribution in [1.29, 1.82) is 0 Å². The van der Waals surface area contributed by atoms with Crippen LogP contribution in [0.1, 0.15) is 53.4 Å². The van der Waals surface area contributed by atoms with Crippen molar-refractivity contribution >= 4 is 14.8 Å². The van der Waals surface area contributed by atoms with Crippen LogP contribution in [0.25, 0.3) is 0 Å². The second-order valence-electron chi connectivity index (χ2n) is 5.10. The van der Waals surface area contributed by atoms with Crippen LogP contribution in [0.3, 0.4) is 0 Å². The third kappa shape index (κ3) is 11.7. The van der Waals surface area contributed by atoms with Crippen LogP contribution in [0.2, 0.25) is 6.04 Å². The van der Waals surface area contributed by atoms with Gasteiger partial charge in [0.05, 0.1) is 6.61 Å². The standard InChI is InChI=1S/C16H35NO5Si/c1-5-19-16(18)12-11-14-17-13-9-10-15-23(20-6-2,21-7-3)22-8-4/h17H,5-15H2,1-4H3.